The first-order valence-electron chi connectivity index (χ1n) is 9.69. The molecular weight excluding hydrogens is 354 g/mol. The summed E-state index contributed by atoms with van der Waals surface area (Å²) in [5.41, 5.74) is 1.08. The smallest absolute Gasteiger partial charge is 0.290 e. The number of carbonyl (C=O) groups excluding carboxylic acids is 2. The number of fused-ring (bicyclic) bond motifs is 1. The molecule has 0 saturated heterocycles. The highest BCUT2D eigenvalue weighted by Gasteiger charge is 2.43. The number of ketones is 1. The van der Waals surface area contributed by atoms with Gasteiger partial charge in [-0.15, -0.1) is 0 Å². The van der Waals surface area contributed by atoms with Crippen LogP contribution in [0.25, 0.3) is 10.8 Å². The molecule has 5 heteroatoms. The zero-order valence-electron chi connectivity index (χ0n) is 16.6. The van der Waals surface area contributed by atoms with Crippen molar-refractivity contribution in [2.75, 3.05) is 20.3 Å². The van der Waals surface area contributed by atoms with Crippen LogP contribution in [0.1, 0.15) is 38.3 Å². The van der Waals surface area contributed by atoms with Crippen LogP contribution >= 0.6 is 0 Å². The molecule has 28 heavy (non-hydrogen) atoms. The molecule has 1 amide bonds. The third-order valence-corrected chi connectivity index (χ3v) is 5.06. The maximum absolute atomic E-state index is 13.0. The molecule has 2 aromatic carbocycles. The summed E-state index contributed by atoms with van der Waals surface area (Å²) in [6.45, 7) is 4.82. The third kappa shape index (κ3) is 3.80. The van der Waals surface area contributed by atoms with Crippen molar-refractivity contribution in [3.63, 3.8) is 0 Å². The van der Waals surface area contributed by atoms with E-state index in [1.54, 1.807) is 12.0 Å². The van der Waals surface area contributed by atoms with E-state index in [1.165, 1.54) is 0 Å². The van der Waals surface area contributed by atoms with Crippen LogP contribution in [-0.4, -0.2) is 42.0 Å². The van der Waals surface area contributed by atoms with Gasteiger partial charge < -0.3 is 14.7 Å². The van der Waals surface area contributed by atoms with Crippen LogP contribution in [-0.2, 0) is 14.3 Å². The molecule has 1 N–H and O–H groups in total. The number of nitrogens with zero attached hydrogens (tertiary/aromatic N) is 1. The molecule has 0 radical (unpaired) electrons. The molecule has 1 unspecified atom stereocenters. The Labute approximate surface area is 165 Å². The monoisotopic (exact) mass is 381 g/mol. The highest BCUT2D eigenvalue weighted by atomic mass is 16.5. The zero-order valence-corrected chi connectivity index (χ0v) is 16.6. The van der Waals surface area contributed by atoms with E-state index in [9.17, 15) is 14.7 Å². The Bertz CT molecular complexity index is 910. The number of methoxy groups -OCH3 is 1. The second kappa shape index (κ2) is 8.57. The Balaban J connectivity index is 2.11. The first-order valence-corrected chi connectivity index (χ1v) is 9.69. The van der Waals surface area contributed by atoms with Gasteiger partial charge in [0.2, 0.25) is 0 Å². The van der Waals surface area contributed by atoms with E-state index in [4.69, 9.17) is 4.74 Å². The average molecular weight is 381 g/mol. The van der Waals surface area contributed by atoms with Crippen LogP contribution < -0.4 is 0 Å². The average Bonchev–Trinajstić information content (AvgIpc) is 2.92. The Morgan fingerprint density at radius 2 is 1.89 bits per heavy atom. The molecule has 3 rings (SSSR count). The van der Waals surface area contributed by atoms with Gasteiger partial charge in [0.15, 0.2) is 11.5 Å². The number of aliphatic hydroxyl groups is 1. The van der Waals surface area contributed by atoms with Crippen LogP contribution in [0, 0.1) is 5.92 Å². The number of benzene rings is 2. The Kier molecular flexibility index (Phi) is 6.15. The van der Waals surface area contributed by atoms with E-state index in [0.717, 1.165) is 16.3 Å². The van der Waals surface area contributed by atoms with Gasteiger partial charge in [-0.2, -0.15) is 0 Å². The van der Waals surface area contributed by atoms with Crippen LogP contribution in [0.2, 0.25) is 0 Å². The summed E-state index contributed by atoms with van der Waals surface area (Å²) in [4.78, 5) is 27.4. The normalized spacial score (nSPS) is 17.2. The van der Waals surface area contributed by atoms with Gasteiger partial charge in [0.25, 0.3) is 5.91 Å². The molecular formula is C23H27NO4. The number of Topliss-reactive ketones (excluding diaryl/α,β-unsaturated/α-hetero) is 1. The lowest BCUT2D eigenvalue weighted by Gasteiger charge is -2.28. The molecule has 148 valence electrons. The third-order valence-electron chi connectivity index (χ3n) is 5.06. The molecule has 0 fully saturated rings. The Morgan fingerprint density at radius 1 is 1.18 bits per heavy atom. The summed E-state index contributed by atoms with van der Waals surface area (Å²) in [6.07, 6.45) is 0.919. The second-order valence-electron chi connectivity index (χ2n) is 7.60. The fourth-order valence-electron chi connectivity index (χ4n) is 3.84. The summed E-state index contributed by atoms with van der Waals surface area (Å²) >= 11 is 0. The molecule has 1 aliphatic rings. The standard InChI is InChI=1S/C23H27NO4/c1-15(2)14-19(25)20-21(24(12-7-13-28-3)23(27)22(20)26)18-11-6-9-16-8-4-5-10-17(16)18/h4-6,8-11,15,21,26H,7,12-14H2,1-3H3. The van der Waals surface area contributed by atoms with Crippen molar-refractivity contribution in [2.24, 2.45) is 5.92 Å². The van der Waals surface area contributed by atoms with Crippen molar-refractivity contribution in [1.29, 1.82) is 0 Å². The number of carbonyl (C=O) groups is 2. The van der Waals surface area contributed by atoms with E-state index in [2.05, 4.69) is 0 Å². The van der Waals surface area contributed by atoms with Crippen LogP contribution in [0.4, 0.5) is 0 Å². The highest BCUT2D eigenvalue weighted by molar-refractivity contribution is 6.09. The highest BCUT2D eigenvalue weighted by Crippen LogP contribution is 2.41. The van der Waals surface area contributed by atoms with Gasteiger partial charge in [-0.3, -0.25) is 9.59 Å². The summed E-state index contributed by atoms with van der Waals surface area (Å²) < 4.78 is 5.12. The lowest BCUT2D eigenvalue weighted by Crippen LogP contribution is -2.32. The van der Waals surface area contributed by atoms with E-state index in [0.29, 0.717) is 26.0 Å². The summed E-state index contributed by atoms with van der Waals surface area (Å²) in [5.74, 6) is -0.936. The van der Waals surface area contributed by atoms with E-state index < -0.39 is 17.7 Å². The van der Waals surface area contributed by atoms with Gasteiger partial charge in [-0.25, -0.2) is 0 Å². The van der Waals surface area contributed by atoms with Crippen LogP contribution in [0.5, 0.6) is 0 Å². The number of hydrogen-bond acceptors (Lipinski definition) is 4. The van der Waals surface area contributed by atoms with E-state index >= 15 is 0 Å². The second-order valence-corrected chi connectivity index (χ2v) is 7.60. The first-order chi connectivity index (χ1) is 13.5. The molecule has 0 aliphatic carbocycles. The topological polar surface area (TPSA) is 66.8 Å². The summed E-state index contributed by atoms with van der Waals surface area (Å²) in [6, 6.07) is 13.2. The molecule has 2 aromatic rings. The molecule has 0 spiro atoms. The Hall–Kier alpha value is -2.66. The lowest BCUT2D eigenvalue weighted by molar-refractivity contribution is -0.129. The molecule has 1 aliphatic heterocycles. The van der Waals surface area contributed by atoms with Gasteiger partial charge in [0, 0.05) is 26.7 Å². The van der Waals surface area contributed by atoms with Crippen molar-refractivity contribution in [1.82, 2.24) is 4.90 Å². The number of hydrogen-bond donors (Lipinski definition) is 1. The number of amides is 1. The van der Waals surface area contributed by atoms with Crippen molar-refractivity contribution >= 4 is 22.5 Å². The minimum atomic E-state index is -0.582. The fraction of sp³-hybridized carbons (Fsp3) is 0.391. The number of ether oxygens (including phenoxy) is 1. The molecule has 1 heterocycles. The van der Waals surface area contributed by atoms with Gasteiger partial charge >= 0.3 is 0 Å². The van der Waals surface area contributed by atoms with Gasteiger partial charge in [-0.1, -0.05) is 56.3 Å². The van der Waals surface area contributed by atoms with Crippen molar-refractivity contribution in [2.45, 2.75) is 32.7 Å². The predicted molar refractivity (Wildman–Crippen MR) is 109 cm³/mol. The predicted octanol–water partition coefficient (Wildman–Crippen LogP) is 4.19. The van der Waals surface area contributed by atoms with Gasteiger partial charge in [0.1, 0.15) is 0 Å². The quantitative estimate of drug-likeness (QED) is 0.697. The minimum Gasteiger partial charge on any atom is -0.503 e. The minimum absolute atomic E-state index is 0.138. The van der Waals surface area contributed by atoms with Gasteiger partial charge in [0.05, 0.1) is 11.6 Å². The summed E-state index contributed by atoms with van der Waals surface area (Å²) in [7, 11) is 1.61. The van der Waals surface area contributed by atoms with Crippen LogP contribution in [0.3, 0.4) is 0 Å². The first kappa shape index (κ1) is 20.1. The maximum atomic E-state index is 13.0. The van der Waals surface area contributed by atoms with Crippen LogP contribution in [0.15, 0.2) is 53.8 Å². The van der Waals surface area contributed by atoms with Crippen molar-refractivity contribution in [3.8, 4) is 0 Å². The number of aliphatic hydroxyl groups excluding tert-OH is 1. The van der Waals surface area contributed by atoms with E-state index in [1.807, 2.05) is 56.3 Å². The largest absolute Gasteiger partial charge is 0.503 e. The van der Waals surface area contributed by atoms with Crippen molar-refractivity contribution < 1.29 is 19.4 Å². The summed E-state index contributed by atoms with van der Waals surface area (Å²) in [5, 5.41) is 12.6. The SMILES string of the molecule is COCCCN1C(=O)C(O)=C(C(=O)CC(C)C)C1c1cccc2ccccc12. The molecule has 1 atom stereocenters. The number of rotatable bonds is 8. The van der Waals surface area contributed by atoms with Gasteiger partial charge in [-0.05, 0) is 28.7 Å². The fourth-order valence-corrected chi connectivity index (χ4v) is 3.84. The maximum Gasteiger partial charge on any atom is 0.290 e. The zero-order chi connectivity index (χ0) is 20.3. The molecule has 5 nitrogen and oxygen atoms in total. The molecule has 0 saturated carbocycles. The lowest BCUT2D eigenvalue weighted by atomic mass is 9.89. The van der Waals surface area contributed by atoms with Crippen molar-refractivity contribution in [3.05, 3.63) is 59.4 Å². The van der Waals surface area contributed by atoms with E-state index in [-0.39, 0.29) is 17.3 Å². The Morgan fingerprint density at radius 3 is 2.61 bits per heavy atom. The molecule has 0 aromatic heterocycles. The molecule has 0 bridgehead atoms.